The molecule has 0 aromatic heterocycles. The number of esters is 2. The van der Waals surface area contributed by atoms with E-state index in [0.717, 1.165) is 6.42 Å². The minimum absolute atomic E-state index is 0.154. The molecular weight excluding hydrogens is 415 g/mol. The molecule has 0 amide bonds. The number of ether oxygens (including phenoxy) is 2. The SMILES string of the molecule is C=C(C)C(=O)OC(CC)C(F)(F)C(=O)OC(CC(C)(O)C(F)(F)F)C1CCCCC1. The molecule has 3 atom stereocenters. The van der Waals surface area contributed by atoms with E-state index in [1.807, 2.05) is 0 Å². The predicted octanol–water partition coefficient (Wildman–Crippen LogP) is 4.72. The molecule has 1 aliphatic carbocycles. The molecular formula is C20H29F5O5. The van der Waals surface area contributed by atoms with Crippen LogP contribution in [0.25, 0.3) is 0 Å². The quantitative estimate of drug-likeness (QED) is 0.317. The lowest BCUT2D eigenvalue weighted by atomic mass is 9.81. The van der Waals surface area contributed by atoms with Crippen molar-refractivity contribution in [1.29, 1.82) is 0 Å². The lowest BCUT2D eigenvalue weighted by molar-refractivity contribution is -0.265. The Morgan fingerprint density at radius 3 is 2.07 bits per heavy atom. The van der Waals surface area contributed by atoms with E-state index in [1.165, 1.54) is 13.8 Å². The second-order valence-corrected chi connectivity index (χ2v) is 8.02. The van der Waals surface area contributed by atoms with Crippen LogP contribution in [0.15, 0.2) is 12.2 Å². The van der Waals surface area contributed by atoms with Crippen molar-refractivity contribution in [3.8, 4) is 0 Å². The Morgan fingerprint density at radius 1 is 1.10 bits per heavy atom. The molecule has 1 saturated carbocycles. The average Bonchev–Trinajstić information content (AvgIpc) is 2.64. The Bertz CT molecular complexity index is 624. The maximum Gasteiger partial charge on any atom is 0.417 e. The zero-order valence-corrected chi connectivity index (χ0v) is 17.4. The van der Waals surface area contributed by atoms with Gasteiger partial charge in [0.1, 0.15) is 6.10 Å². The molecule has 0 saturated heterocycles. The Kier molecular flexibility index (Phi) is 8.83. The average molecular weight is 444 g/mol. The van der Waals surface area contributed by atoms with Crippen molar-refractivity contribution < 1.29 is 46.1 Å². The molecule has 0 aliphatic heterocycles. The molecule has 0 radical (unpaired) electrons. The summed E-state index contributed by atoms with van der Waals surface area (Å²) in [6, 6.07) is 0. The van der Waals surface area contributed by atoms with Crippen LogP contribution in [0.1, 0.15) is 65.7 Å². The van der Waals surface area contributed by atoms with Gasteiger partial charge in [0.15, 0.2) is 11.7 Å². The second-order valence-electron chi connectivity index (χ2n) is 8.02. The predicted molar refractivity (Wildman–Crippen MR) is 97.7 cm³/mol. The monoisotopic (exact) mass is 444 g/mol. The van der Waals surface area contributed by atoms with E-state index < -0.39 is 60.6 Å². The van der Waals surface area contributed by atoms with Crippen molar-refractivity contribution in [3.63, 3.8) is 0 Å². The summed E-state index contributed by atoms with van der Waals surface area (Å²) in [6.07, 6.45) is -7.35. The molecule has 0 aromatic carbocycles. The molecule has 1 rings (SSSR count). The van der Waals surface area contributed by atoms with Gasteiger partial charge >= 0.3 is 24.0 Å². The first-order chi connectivity index (χ1) is 13.6. The Morgan fingerprint density at radius 2 is 1.63 bits per heavy atom. The van der Waals surface area contributed by atoms with Gasteiger partial charge in [-0.3, -0.25) is 0 Å². The highest BCUT2D eigenvalue weighted by Crippen LogP contribution is 2.39. The van der Waals surface area contributed by atoms with Crippen LogP contribution >= 0.6 is 0 Å². The molecule has 1 N–H and O–H groups in total. The van der Waals surface area contributed by atoms with Crippen LogP contribution in [0.5, 0.6) is 0 Å². The maximum absolute atomic E-state index is 14.6. The van der Waals surface area contributed by atoms with Crippen molar-refractivity contribution in [2.45, 2.75) is 95.6 Å². The van der Waals surface area contributed by atoms with E-state index in [1.54, 1.807) is 0 Å². The Hall–Kier alpha value is -1.71. The number of carbonyl (C=O) groups is 2. The van der Waals surface area contributed by atoms with E-state index in [4.69, 9.17) is 4.74 Å². The molecule has 1 aliphatic rings. The largest absolute Gasteiger partial charge is 0.457 e. The van der Waals surface area contributed by atoms with Gasteiger partial charge in [0.25, 0.3) is 0 Å². The molecule has 1 fully saturated rings. The summed E-state index contributed by atoms with van der Waals surface area (Å²) in [4.78, 5) is 23.8. The van der Waals surface area contributed by atoms with Gasteiger partial charge < -0.3 is 14.6 Å². The molecule has 0 bridgehead atoms. The third-order valence-corrected chi connectivity index (χ3v) is 5.29. The van der Waals surface area contributed by atoms with Crippen LogP contribution in [0.2, 0.25) is 0 Å². The molecule has 0 heterocycles. The normalized spacial score (nSPS) is 20.0. The zero-order valence-electron chi connectivity index (χ0n) is 17.4. The van der Waals surface area contributed by atoms with Gasteiger partial charge in [-0.1, -0.05) is 32.8 Å². The number of alkyl halides is 5. The van der Waals surface area contributed by atoms with Gasteiger partial charge in [0.2, 0.25) is 0 Å². The third-order valence-electron chi connectivity index (χ3n) is 5.29. The standard InChI is InChI=1S/C20H29F5O5/c1-5-15(30-16(26)12(2)3)19(21,22)17(27)29-14(13-9-7-6-8-10-13)11-18(4,28)20(23,24)25/h13-15,28H,2,5-11H2,1,3-4H3. The highest BCUT2D eigenvalue weighted by atomic mass is 19.4. The van der Waals surface area contributed by atoms with Crippen molar-refractivity contribution in [2.24, 2.45) is 5.92 Å². The fourth-order valence-electron chi connectivity index (χ4n) is 3.31. The van der Waals surface area contributed by atoms with Gasteiger partial charge in [-0.25, -0.2) is 9.59 Å². The van der Waals surface area contributed by atoms with Gasteiger partial charge in [0, 0.05) is 12.0 Å². The Balaban J connectivity index is 3.06. The molecule has 174 valence electrons. The first-order valence-electron chi connectivity index (χ1n) is 9.88. The summed E-state index contributed by atoms with van der Waals surface area (Å²) >= 11 is 0. The summed E-state index contributed by atoms with van der Waals surface area (Å²) in [6.45, 7) is 6.28. The molecule has 30 heavy (non-hydrogen) atoms. The van der Waals surface area contributed by atoms with Gasteiger partial charge in [-0.2, -0.15) is 22.0 Å². The highest BCUT2D eigenvalue weighted by molar-refractivity contribution is 5.87. The van der Waals surface area contributed by atoms with E-state index in [-0.39, 0.29) is 5.57 Å². The van der Waals surface area contributed by atoms with Crippen LogP contribution in [0.4, 0.5) is 22.0 Å². The lowest BCUT2D eigenvalue weighted by Crippen LogP contribution is -2.50. The molecule has 0 spiro atoms. The van der Waals surface area contributed by atoms with Crippen molar-refractivity contribution >= 4 is 11.9 Å². The summed E-state index contributed by atoms with van der Waals surface area (Å²) in [5.74, 6) is -8.09. The minimum atomic E-state index is -5.03. The summed E-state index contributed by atoms with van der Waals surface area (Å²) in [5, 5.41) is 9.82. The number of carbonyl (C=O) groups excluding carboxylic acids is 2. The van der Waals surface area contributed by atoms with E-state index >= 15 is 0 Å². The first kappa shape index (κ1) is 26.3. The fourth-order valence-corrected chi connectivity index (χ4v) is 3.31. The third kappa shape index (κ3) is 6.65. The van der Waals surface area contributed by atoms with Crippen LogP contribution in [0.3, 0.4) is 0 Å². The molecule has 5 nitrogen and oxygen atoms in total. The fraction of sp³-hybridized carbons (Fsp3) is 0.800. The number of hydrogen-bond acceptors (Lipinski definition) is 5. The van der Waals surface area contributed by atoms with Crippen molar-refractivity contribution in [1.82, 2.24) is 0 Å². The number of rotatable bonds is 9. The number of hydrogen-bond donors (Lipinski definition) is 1. The van der Waals surface area contributed by atoms with Gasteiger partial charge in [-0.15, -0.1) is 0 Å². The zero-order chi connectivity index (χ0) is 23.3. The highest BCUT2D eigenvalue weighted by Gasteiger charge is 2.55. The first-order valence-corrected chi connectivity index (χ1v) is 9.88. The van der Waals surface area contributed by atoms with E-state index in [0.29, 0.717) is 32.6 Å². The number of aliphatic hydroxyl groups is 1. The maximum atomic E-state index is 14.6. The minimum Gasteiger partial charge on any atom is -0.457 e. The van der Waals surface area contributed by atoms with Gasteiger partial charge in [-0.05, 0) is 39.0 Å². The molecule has 0 aromatic rings. The van der Waals surface area contributed by atoms with Crippen molar-refractivity contribution in [2.75, 3.05) is 0 Å². The summed E-state index contributed by atoms with van der Waals surface area (Å²) in [7, 11) is 0. The van der Waals surface area contributed by atoms with Gasteiger partial charge in [0.05, 0.1) is 0 Å². The van der Waals surface area contributed by atoms with Crippen molar-refractivity contribution in [3.05, 3.63) is 12.2 Å². The van der Waals surface area contributed by atoms with Crippen LogP contribution in [0, 0.1) is 5.92 Å². The summed E-state index contributed by atoms with van der Waals surface area (Å²) < 4.78 is 78.1. The van der Waals surface area contributed by atoms with E-state index in [2.05, 4.69) is 11.3 Å². The molecule has 3 unspecified atom stereocenters. The van der Waals surface area contributed by atoms with Crippen LogP contribution < -0.4 is 0 Å². The number of halogens is 5. The topological polar surface area (TPSA) is 72.8 Å². The van der Waals surface area contributed by atoms with Crippen LogP contribution in [-0.4, -0.2) is 47.0 Å². The second kappa shape index (κ2) is 10.1. The molecule has 10 heteroatoms. The smallest absolute Gasteiger partial charge is 0.417 e. The van der Waals surface area contributed by atoms with Crippen LogP contribution in [-0.2, 0) is 19.1 Å². The summed E-state index contributed by atoms with van der Waals surface area (Å²) in [5.41, 5.74) is -3.37. The van der Waals surface area contributed by atoms with E-state index in [9.17, 15) is 36.6 Å². The Labute approximate surface area is 172 Å². The lowest BCUT2D eigenvalue weighted by Gasteiger charge is -2.36.